The van der Waals surface area contributed by atoms with Gasteiger partial charge in [-0.3, -0.25) is 0 Å². The highest BCUT2D eigenvalue weighted by Crippen LogP contribution is 0.648. The Labute approximate surface area is 46.0 Å². The molecule has 0 aromatic heterocycles. The molecule has 0 aliphatic rings. The van der Waals surface area contributed by atoms with Crippen LogP contribution < -0.4 is 17.7 Å². The van der Waals surface area contributed by atoms with Crippen molar-refractivity contribution in [2.24, 2.45) is 0 Å². The van der Waals surface area contributed by atoms with Crippen LogP contribution in [-0.4, -0.2) is 14.1 Å². The van der Waals surface area contributed by atoms with Crippen molar-refractivity contribution in [1.29, 1.82) is 0 Å². The Balaban J connectivity index is -0.0000000200. The molecule has 0 fully saturated rings. The van der Waals surface area contributed by atoms with E-state index in [9.17, 15) is 0 Å². The first-order chi connectivity index (χ1) is 1.41. The van der Waals surface area contributed by atoms with Crippen LogP contribution in [0.4, 0.5) is 0 Å². The quantitative estimate of drug-likeness (QED) is 0.331. The number of rotatable bonds is 0. The number of nitrogens with two attached hydrogens (primary N) is 1. The number of hydrogen-bond acceptors (Lipinski definition) is 0. The maximum absolute atomic E-state index is 2.00. The first-order valence-corrected chi connectivity index (χ1v) is 1.15. The summed E-state index contributed by atoms with van der Waals surface area (Å²) in [6, 6.07) is 0. The van der Waals surface area contributed by atoms with Crippen molar-refractivity contribution in [1.82, 2.24) is 0 Å². The van der Waals surface area contributed by atoms with Gasteiger partial charge in [0.1, 0.15) is 0 Å². The molecule has 0 amide bonds. The average Bonchev–Trinajstić information content (AvgIpc) is 0.918. The summed E-state index contributed by atoms with van der Waals surface area (Å²) >= 11 is 0. The van der Waals surface area contributed by atoms with Crippen molar-refractivity contribution in [3.8, 4) is 0 Å². The fraction of sp³-hybridized carbons (Fsp3) is 1.00. The van der Waals surface area contributed by atoms with E-state index >= 15 is 0 Å². The van der Waals surface area contributed by atoms with Gasteiger partial charge in [0.2, 0.25) is 0 Å². The Morgan fingerprint density at radius 1 is 1.20 bits per heavy atom. The third kappa shape index (κ3) is 86.4. The average molecular weight is 116 g/mol. The van der Waals surface area contributed by atoms with Crippen LogP contribution in [0.2, 0.25) is 0 Å². The predicted octanol–water partition coefficient (Wildman–Crippen LogP) is -4.07. The molecule has 3 heteroatoms. The third-order valence-electron chi connectivity index (χ3n) is 0. The molecule has 0 saturated heterocycles. The highest BCUT2D eigenvalue weighted by atomic mass is 35.5. The van der Waals surface area contributed by atoms with Crippen LogP contribution in [0.5, 0.6) is 0 Å². The minimum atomic E-state index is 0. The predicted molar refractivity (Wildman–Crippen MR) is 24.2 cm³/mol. The lowest BCUT2D eigenvalue weighted by atomic mass is 11.3. The molecular weight excluding hydrogens is 106 g/mol. The highest BCUT2D eigenvalue weighted by Gasteiger charge is 1.29. The number of halogens is 1. The molecule has 0 aromatic carbocycles. The van der Waals surface area contributed by atoms with Gasteiger partial charge in [-0.15, -0.1) is 0 Å². The largest absolute Gasteiger partial charge is 1.00 e. The second kappa shape index (κ2) is 23.3. The molecule has 2 N–H and O–H groups in total. The highest BCUT2D eigenvalue weighted by molar-refractivity contribution is 7.59. The van der Waals surface area contributed by atoms with Gasteiger partial charge >= 0.3 is 0 Å². The fourth-order valence-corrected chi connectivity index (χ4v) is 0. The Morgan fingerprint density at radius 3 is 1.20 bits per heavy atom. The summed E-state index contributed by atoms with van der Waals surface area (Å²) in [6.45, 7) is 0. The van der Waals surface area contributed by atoms with Crippen LogP contribution in [0.25, 0.3) is 0 Å². The van der Waals surface area contributed by atoms with Crippen LogP contribution in [-0.2, 0) is 0 Å². The molecule has 36 valence electrons. The van der Waals surface area contributed by atoms with Gasteiger partial charge < -0.3 is 17.7 Å². The molecule has 0 spiro atoms. The second-order valence-electron chi connectivity index (χ2n) is 0.577. The lowest BCUT2D eigenvalue weighted by Crippen LogP contribution is -3.00. The zero-order valence-electron chi connectivity index (χ0n) is 3.46. The summed E-state index contributed by atoms with van der Waals surface area (Å²) in [5, 5.41) is 2.00. The van der Waals surface area contributed by atoms with Crippen LogP contribution >= 0.6 is 13.5 Å². The molecule has 5 heavy (non-hydrogen) atoms. The molecule has 0 radical (unpaired) electrons. The second-order valence-corrected chi connectivity index (χ2v) is 0.577. The molecule has 0 heterocycles. The van der Waals surface area contributed by atoms with Gasteiger partial charge in [-0.1, -0.05) is 0 Å². The van der Waals surface area contributed by atoms with Gasteiger partial charge in [0.25, 0.3) is 0 Å². The van der Waals surface area contributed by atoms with E-state index in [0.717, 1.165) is 0 Å². The lowest BCUT2D eigenvalue weighted by molar-refractivity contribution is -0.597. The molecule has 0 aliphatic carbocycles. The van der Waals surface area contributed by atoms with Gasteiger partial charge in [-0.2, -0.15) is 13.5 Å². The van der Waals surface area contributed by atoms with Gasteiger partial charge in [-0.05, 0) is 0 Å². The molecular formula is C2H10ClNS. The zero-order valence-corrected chi connectivity index (χ0v) is 5.21. The van der Waals surface area contributed by atoms with E-state index in [1.807, 2.05) is 19.4 Å². The molecule has 0 unspecified atom stereocenters. The van der Waals surface area contributed by atoms with E-state index in [-0.39, 0.29) is 25.9 Å². The van der Waals surface area contributed by atoms with Gasteiger partial charge in [-0.25, -0.2) is 0 Å². The summed E-state index contributed by atoms with van der Waals surface area (Å²) in [6.07, 6.45) is 0. The lowest BCUT2D eigenvalue weighted by Gasteiger charge is -1.57. The number of quaternary nitrogens is 1. The van der Waals surface area contributed by atoms with Gasteiger partial charge in [0.05, 0.1) is 14.1 Å². The minimum absolute atomic E-state index is 0. The van der Waals surface area contributed by atoms with Crippen molar-refractivity contribution in [3.05, 3.63) is 0 Å². The first-order valence-electron chi connectivity index (χ1n) is 1.15. The summed E-state index contributed by atoms with van der Waals surface area (Å²) in [7, 11) is 4.00. The molecule has 1 nitrogen and oxygen atoms in total. The van der Waals surface area contributed by atoms with Crippen LogP contribution in [0.3, 0.4) is 0 Å². The van der Waals surface area contributed by atoms with Crippen molar-refractivity contribution in [2.75, 3.05) is 14.1 Å². The first kappa shape index (κ1) is 17.5. The smallest absolute Gasteiger partial charge is 0.0647 e. The van der Waals surface area contributed by atoms with E-state index in [4.69, 9.17) is 0 Å². The SMILES string of the molecule is C[NH2+]C.S.[Cl-]. The molecule has 0 aliphatic heterocycles. The molecule has 0 saturated carbocycles. The monoisotopic (exact) mass is 115 g/mol. The Bertz CT molecular complexity index is 9.61. The summed E-state index contributed by atoms with van der Waals surface area (Å²) in [5.41, 5.74) is 0. The Kier molecular flexibility index (Phi) is 81.6. The summed E-state index contributed by atoms with van der Waals surface area (Å²) in [5.74, 6) is 0. The molecule has 0 rings (SSSR count). The van der Waals surface area contributed by atoms with E-state index in [1.165, 1.54) is 0 Å². The summed E-state index contributed by atoms with van der Waals surface area (Å²) in [4.78, 5) is 0. The topological polar surface area (TPSA) is 16.6 Å². The van der Waals surface area contributed by atoms with Crippen molar-refractivity contribution in [2.45, 2.75) is 0 Å². The maximum atomic E-state index is 2.00. The van der Waals surface area contributed by atoms with E-state index in [1.54, 1.807) is 0 Å². The van der Waals surface area contributed by atoms with Gasteiger partial charge in [0.15, 0.2) is 0 Å². The maximum Gasteiger partial charge on any atom is 0.0647 e. The zero-order chi connectivity index (χ0) is 2.71. The van der Waals surface area contributed by atoms with Crippen molar-refractivity contribution in [3.63, 3.8) is 0 Å². The normalized spacial score (nSPS) is 3.60. The van der Waals surface area contributed by atoms with E-state index in [2.05, 4.69) is 0 Å². The van der Waals surface area contributed by atoms with Crippen LogP contribution in [0.15, 0.2) is 0 Å². The Morgan fingerprint density at radius 2 is 1.20 bits per heavy atom. The molecule has 0 atom stereocenters. The van der Waals surface area contributed by atoms with Crippen molar-refractivity contribution >= 4 is 13.5 Å². The Hall–Kier alpha value is 0.600. The minimum Gasteiger partial charge on any atom is -1.00 e. The molecule has 0 aromatic rings. The van der Waals surface area contributed by atoms with Crippen LogP contribution in [0.1, 0.15) is 0 Å². The van der Waals surface area contributed by atoms with E-state index in [0.29, 0.717) is 0 Å². The summed E-state index contributed by atoms with van der Waals surface area (Å²) < 4.78 is 0. The van der Waals surface area contributed by atoms with Gasteiger partial charge in [0, 0.05) is 0 Å². The third-order valence-corrected chi connectivity index (χ3v) is 0. The number of hydrogen-bond donors (Lipinski definition) is 1. The van der Waals surface area contributed by atoms with Crippen LogP contribution in [0, 0.1) is 0 Å². The van der Waals surface area contributed by atoms with Crippen molar-refractivity contribution < 1.29 is 17.7 Å². The fourth-order valence-electron chi connectivity index (χ4n) is 0. The standard InChI is InChI=1S/C2H7N.ClH.H2S/c1-3-2;;/h3H,1-2H3;1H;1H2. The van der Waals surface area contributed by atoms with E-state index < -0.39 is 0 Å². The molecule has 0 bridgehead atoms.